The van der Waals surface area contributed by atoms with Crippen LogP contribution in [-0.4, -0.2) is 23.1 Å². The molecule has 0 spiro atoms. The maximum atomic E-state index is 3.44. The summed E-state index contributed by atoms with van der Waals surface area (Å²) in [5.41, 5.74) is 1.41. The second-order valence-electron chi connectivity index (χ2n) is 3.22. The molecule has 2 rings (SSSR count). The van der Waals surface area contributed by atoms with E-state index in [9.17, 15) is 0 Å². The third kappa shape index (κ3) is 2.73. The third-order valence-electron chi connectivity index (χ3n) is 2.15. The van der Waals surface area contributed by atoms with E-state index in [2.05, 4.69) is 45.1 Å². The van der Waals surface area contributed by atoms with Crippen molar-refractivity contribution in [3.8, 4) is 0 Å². The van der Waals surface area contributed by atoms with Crippen LogP contribution in [0, 0.1) is 0 Å². The Kier molecular flexibility index (Phi) is 3.30. The minimum absolute atomic E-state index is 1.10. The van der Waals surface area contributed by atoms with Gasteiger partial charge in [0.15, 0.2) is 0 Å². The van der Waals surface area contributed by atoms with E-state index in [4.69, 9.17) is 0 Å². The molecule has 70 valence electrons. The number of hydrogen-bond donors (Lipinski definition) is 0. The molecule has 0 atom stereocenters. The lowest BCUT2D eigenvalue weighted by Gasteiger charge is -2.13. The molecule has 1 aromatic carbocycles. The maximum Gasteiger partial charge on any atom is 0.0448 e. The lowest BCUT2D eigenvalue weighted by Crippen LogP contribution is -2.18. The number of benzene rings is 1. The number of nitrogens with zero attached hydrogens (tertiary/aromatic N) is 1. The molecular formula is C10H12BrNS. The molecule has 0 unspecified atom stereocenters. The Morgan fingerprint density at radius 1 is 1.31 bits per heavy atom. The molecule has 0 radical (unpaired) electrons. The van der Waals surface area contributed by atoms with Gasteiger partial charge in [-0.05, 0) is 17.7 Å². The van der Waals surface area contributed by atoms with Gasteiger partial charge in [-0.15, -0.1) is 11.8 Å². The van der Waals surface area contributed by atoms with E-state index < -0.39 is 0 Å². The van der Waals surface area contributed by atoms with Gasteiger partial charge in [0, 0.05) is 29.2 Å². The predicted molar refractivity (Wildman–Crippen MR) is 61.9 cm³/mol. The van der Waals surface area contributed by atoms with Crippen molar-refractivity contribution < 1.29 is 0 Å². The molecule has 1 aromatic rings. The largest absolute Gasteiger partial charge is 0.289 e. The molecule has 1 saturated heterocycles. The lowest BCUT2D eigenvalue weighted by atomic mass is 10.2. The highest BCUT2D eigenvalue weighted by Gasteiger charge is 2.11. The molecule has 1 aliphatic heterocycles. The number of hydrogen-bond acceptors (Lipinski definition) is 2. The summed E-state index contributed by atoms with van der Waals surface area (Å²) in [6, 6.07) is 8.59. The van der Waals surface area contributed by atoms with Crippen LogP contribution < -0.4 is 0 Å². The quantitative estimate of drug-likeness (QED) is 0.802. The number of thioether (sulfide) groups is 1. The zero-order valence-electron chi connectivity index (χ0n) is 7.37. The first-order valence-corrected chi connectivity index (χ1v) is 6.34. The second-order valence-corrected chi connectivity index (χ2v) is 5.21. The van der Waals surface area contributed by atoms with Crippen LogP contribution in [0.2, 0.25) is 0 Å². The smallest absolute Gasteiger partial charge is 0.0448 e. The van der Waals surface area contributed by atoms with Crippen LogP contribution in [-0.2, 0) is 6.54 Å². The van der Waals surface area contributed by atoms with Crippen LogP contribution in [0.5, 0.6) is 0 Å². The van der Waals surface area contributed by atoms with Crippen molar-refractivity contribution in [2.24, 2.45) is 0 Å². The van der Waals surface area contributed by atoms with E-state index in [1.54, 1.807) is 0 Å². The van der Waals surface area contributed by atoms with E-state index in [0.717, 1.165) is 11.0 Å². The molecule has 1 heterocycles. The van der Waals surface area contributed by atoms with Gasteiger partial charge in [-0.25, -0.2) is 0 Å². The van der Waals surface area contributed by atoms with E-state index in [1.165, 1.54) is 23.7 Å². The minimum atomic E-state index is 1.10. The summed E-state index contributed by atoms with van der Waals surface area (Å²) in [5.74, 6) is 2.48. The van der Waals surface area contributed by atoms with Crippen molar-refractivity contribution in [3.63, 3.8) is 0 Å². The Morgan fingerprint density at radius 2 is 2.08 bits per heavy atom. The van der Waals surface area contributed by atoms with Crippen LogP contribution in [0.15, 0.2) is 28.7 Å². The molecule has 0 bridgehead atoms. The molecule has 0 N–H and O–H groups in total. The van der Waals surface area contributed by atoms with Crippen molar-refractivity contribution >= 4 is 27.7 Å². The van der Waals surface area contributed by atoms with Crippen LogP contribution in [0.3, 0.4) is 0 Å². The van der Waals surface area contributed by atoms with Gasteiger partial charge < -0.3 is 0 Å². The first kappa shape index (κ1) is 9.56. The Labute approximate surface area is 91.6 Å². The average molecular weight is 258 g/mol. The monoisotopic (exact) mass is 257 g/mol. The fourth-order valence-electron chi connectivity index (χ4n) is 1.42. The first-order chi connectivity index (χ1) is 6.34. The molecule has 0 amide bonds. The summed E-state index contributed by atoms with van der Waals surface area (Å²) < 4.78 is 1.16. The SMILES string of the molecule is Brc1ccc(CN2CCSC2)cc1. The van der Waals surface area contributed by atoms with Gasteiger partial charge in [0.1, 0.15) is 0 Å². The Bertz CT molecular complexity index is 267. The fourth-order valence-corrected chi connectivity index (χ4v) is 2.68. The van der Waals surface area contributed by atoms with Crippen molar-refractivity contribution in [1.82, 2.24) is 4.90 Å². The Hall–Kier alpha value is 0.01000. The van der Waals surface area contributed by atoms with Gasteiger partial charge in [0.25, 0.3) is 0 Å². The minimum Gasteiger partial charge on any atom is -0.289 e. The van der Waals surface area contributed by atoms with Gasteiger partial charge in [-0.2, -0.15) is 0 Å². The van der Waals surface area contributed by atoms with Gasteiger partial charge in [0.2, 0.25) is 0 Å². The van der Waals surface area contributed by atoms with Crippen LogP contribution in [0.25, 0.3) is 0 Å². The van der Waals surface area contributed by atoms with Gasteiger partial charge in [0.05, 0.1) is 0 Å². The zero-order chi connectivity index (χ0) is 9.10. The lowest BCUT2D eigenvalue weighted by molar-refractivity contribution is 0.349. The van der Waals surface area contributed by atoms with E-state index >= 15 is 0 Å². The van der Waals surface area contributed by atoms with Gasteiger partial charge in [-0.1, -0.05) is 28.1 Å². The van der Waals surface area contributed by atoms with Crippen molar-refractivity contribution in [1.29, 1.82) is 0 Å². The molecule has 1 aliphatic rings. The fraction of sp³-hybridized carbons (Fsp3) is 0.400. The van der Waals surface area contributed by atoms with E-state index in [0.29, 0.717) is 0 Å². The summed E-state index contributed by atoms with van der Waals surface area (Å²) in [5, 5.41) is 0. The molecule has 3 heteroatoms. The maximum absolute atomic E-state index is 3.44. The molecular weight excluding hydrogens is 246 g/mol. The summed E-state index contributed by atoms with van der Waals surface area (Å²) >= 11 is 5.46. The number of rotatable bonds is 2. The summed E-state index contributed by atoms with van der Waals surface area (Å²) in [4.78, 5) is 2.48. The second kappa shape index (κ2) is 4.49. The highest BCUT2D eigenvalue weighted by atomic mass is 79.9. The van der Waals surface area contributed by atoms with E-state index in [-0.39, 0.29) is 0 Å². The van der Waals surface area contributed by atoms with E-state index in [1.807, 2.05) is 11.8 Å². The topological polar surface area (TPSA) is 3.24 Å². The van der Waals surface area contributed by atoms with Crippen molar-refractivity contribution in [2.75, 3.05) is 18.2 Å². The molecule has 1 fully saturated rings. The zero-order valence-corrected chi connectivity index (χ0v) is 9.77. The normalized spacial score (nSPS) is 17.9. The molecule has 0 aromatic heterocycles. The summed E-state index contributed by atoms with van der Waals surface area (Å²) in [7, 11) is 0. The summed E-state index contributed by atoms with van der Waals surface area (Å²) in [6.07, 6.45) is 0. The first-order valence-electron chi connectivity index (χ1n) is 4.39. The average Bonchev–Trinajstić information content (AvgIpc) is 2.62. The summed E-state index contributed by atoms with van der Waals surface area (Å²) in [6.45, 7) is 2.33. The molecule has 1 nitrogen and oxygen atoms in total. The highest BCUT2D eigenvalue weighted by molar-refractivity contribution is 9.10. The number of halogens is 1. The predicted octanol–water partition coefficient (Wildman–Crippen LogP) is 2.96. The molecule has 13 heavy (non-hydrogen) atoms. The van der Waals surface area contributed by atoms with Crippen molar-refractivity contribution in [3.05, 3.63) is 34.3 Å². The molecule has 0 saturated carbocycles. The van der Waals surface area contributed by atoms with Crippen molar-refractivity contribution in [2.45, 2.75) is 6.54 Å². The molecule has 0 aliphatic carbocycles. The highest BCUT2D eigenvalue weighted by Crippen LogP contribution is 2.17. The third-order valence-corrected chi connectivity index (χ3v) is 3.69. The van der Waals surface area contributed by atoms with Crippen LogP contribution in [0.1, 0.15) is 5.56 Å². The Balaban J connectivity index is 1.97. The van der Waals surface area contributed by atoms with Gasteiger partial charge in [-0.3, -0.25) is 4.90 Å². The van der Waals surface area contributed by atoms with Gasteiger partial charge >= 0.3 is 0 Å². The van der Waals surface area contributed by atoms with Crippen LogP contribution in [0.4, 0.5) is 0 Å². The Morgan fingerprint density at radius 3 is 2.69 bits per heavy atom. The standard InChI is InChI=1S/C10H12BrNS/c11-10-3-1-9(2-4-10)7-12-5-6-13-8-12/h1-4H,5-8H2. The van der Waals surface area contributed by atoms with Crippen LogP contribution >= 0.6 is 27.7 Å².